The molecule has 0 radical (unpaired) electrons. The van der Waals surface area contributed by atoms with E-state index in [2.05, 4.69) is 10.6 Å². The van der Waals surface area contributed by atoms with Crippen molar-refractivity contribution in [3.8, 4) is 0 Å². The molecule has 0 fully saturated rings. The van der Waals surface area contributed by atoms with Crippen LogP contribution in [-0.4, -0.2) is 29.4 Å². The van der Waals surface area contributed by atoms with Crippen molar-refractivity contribution in [2.45, 2.75) is 32.6 Å². The zero-order chi connectivity index (χ0) is 21.8. The number of para-hydroxylation sites is 1. The summed E-state index contributed by atoms with van der Waals surface area (Å²) in [7, 11) is 0. The number of amides is 2. The number of fused-ring (bicyclic) bond motifs is 2. The van der Waals surface area contributed by atoms with Gasteiger partial charge in [0.25, 0.3) is 5.91 Å². The number of anilines is 2. The first-order chi connectivity index (χ1) is 15.0. The molecule has 2 aromatic carbocycles. The lowest BCUT2D eigenvalue weighted by Gasteiger charge is -2.20. The highest BCUT2D eigenvalue weighted by Gasteiger charge is 2.24. The van der Waals surface area contributed by atoms with Gasteiger partial charge >= 0.3 is 5.97 Å². The van der Waals surface area contributed by atoms with Crippen LogP contribution in [0.5, 0.6) is 0 Å². The number of nitrogens with one attached hydrogen (secondary N) is 2. The van der Waals surface area contributed by atoms with Gasteiger partial charge in [-0.15, -0.1) is 0 Å². The van der Waals surface area contributed by atoms with Crippen molar-refractivity contribution < 1.29 is 19.1 Å². The lowest BCUT2D eigenvalue weighted by Crippen LogP contribution is -2.22. The molecule has 1 aromatic heterocycles. The van der Waals surface area contributed by atoms with Gasteiger partial charge in [-0.05, 0) is 55.5 Å². The van der Waals surface area contributed by atoms with Gasteiger partial charge in [0.15, 0.2) is 6.61 Å². The van der Waals surface area contributed by atoms with Gasteiger partial charge in [0.2, 0.25) is 5.91 Å². The van der Waals surface area contributed by atoms with Crippen LogP contribution < -0.4 is 10.6 Å². The van der Waals surface area contributed by atoms with E-state index in [0.29, 0.717) is 16.9 Å². The molecule has 0 bridgehead atoms. The van der Waals surface area contributed by atoms with Crippen molar-refractivity contribution in [2.75, 3.05) is 17.2 Å². The highest BCUT2D eigenvalue weighted by Crippen LogP contribution is 2.29. The van der Waals surface area contributed by atoms with E-state index in [0.717, 1.165) is 47.8 Å². The second kappa shape index (κ2) is 8.95. The topological polar surface area (TPSA) is 97.4 Å². The SMILES string of the molecule is CC(=O)Nc1cccc(NC(=O)COC(=O)c2c3c(nc4ccccc24)CCCC3)c1. The van der Waals surface area contributed by atoms with Crippen LogP contribution in [-0.2, 0) is 27.2 Å². The maximum absolute atomic E-state index is 13.0. The fourth-order valence-corrected chi connectivity index (χ4v) is 3.88. The van der Waals surface area contributed by atoms with E-state index in [1.54, 1.807) is 24.3 Å². The van der Waals surface area contributed by atoms with Crippen LogP contribution >= 0.6 is 0 Å². The number of hydrogen-bond donors (Lipinski definition) is 2. The van der Waals surface area contributed by atoms with E-state index >= 15 is 0 Å². The lowest BCUT2D eigenvalue weighted by molar-refractivity contribution is -0.119. The van der Waals surface area contributed by atoms with Crippen LogP contribution in [0.25, 0.3) is 10.9 Å². The highest BCUT2D eigenvalue weighted by atomic mass is 16.5. The number of benzene rings is 2. The average Bonchev–Trinajstić information content (AvgIpc) is 2.75. The zero-order valence-electron chi connectivity index (χ0n) is 17.2. The molecular weight excluding hydrogens is 394 g/mol. The summed E-state index contributed by atoms with van der Waals surface area (Å²) < 4.78 is 5.38. The number of esters is 1. The van der Waals surface area contributed by atoms with Gasteiger partial charge in [0, 0.05) is 29.4 Å². The molecule has 2 amide bonds. The Kier molecular flexibility index (Phi) is 5.93. The molecule has 0 saturated carbocycles. The van der Waals surface area contributed by atoms with Gasteiger partial charge in [0.05, 0.1) is 11.1 Å². The Morgan fingerprint density at radius 1 is 0.968 bits per heavy atom. The molecule has 4 rings (SSSR count). The molecule has 31 heavy (non-hydrogen) atoms. The van der Waals surface area contributed by atoms with Crippen molar-refractivity contribution in [2.24, 2.45) is 0 Å². The standard InChI is InChI=1S/C24H23N3O4/c1-15(28)25-16-7-6-8-17(13-16)26-22(29)14-31-24(30)23-18-9-2-4-11-20(18)27-21-12-5-3-10-19(21)23/h2,4,6-9,11,13H,3,5,10,12,14H2,1H3,(H,25,28)(H,26,29). The van der Waals surface area contributed by atoms with Crippen molar-refractivity contribution in [3.63, 3.8) is 0 Å². The Morgan fingerprint density at radius 3 is 2.52 bits per heavy atom. The van der Waals surface area contributed by atoms with Gasteiger partial charge < -0.3 is 15.4 Å². The number of rotatable bonds is 5. The number of aryl methyl sites for hydroxylation is 1. The average molecular weight is 417 g/mol. The van der Waals surface area contributed by atoms with E-state index in [-0.39, 0.29) is 5.91 Å². The van der Waals surface area contributed by atoms with E-state index < -0.39 is 18.5 Å². The fraction of sp³-hybridized carbons (Fsp3) is 0.250. The molecule has 7 heteroatoms. The Balaban J connectivity index is 1.49. The van der Waals surface area contributed by atoms with E-state index in [1.165, 1.54) is 6.92 Å². The molecule has 0 aliphatic heterocycles. The van der Waals surface area contributed by atoms with Gasteiger partial charge in [-0.2, -0.15) is 0 Å². The van der Waals surface area contributed by atoms with Gasteiger partial charge in [-0.1, -0.05) is 24.3 Å². The molecule has 0 unspecified atom stereocenters. The number of carbonyl (C=O) groups excluding carboxylic acids is 3. The van der Waals surface area contributed by atoms with E-state index in [4.69, 9.17) is 9.72 Å². The minimum atomic E-state index is -0.515. The van der Waals surface area contributed by atoms with Crippen molar-refractivity contribution in [1.82, 2.24) is 4.98 Å². The molecular formula is C24H23N3O4. The molecule has 2 N–H and O–H groups in total. The molecule has 1 aliphatic carbocycles. The Morgan fingerprint density at radius 2 is 1.71 bits per heavy atom. The first-order valence-electron chi connectivity index (χ1n) is 10.3. The molecule has 1 heterocycles. The minimum absolute atomic E-state index is 0.203. The normalized spacial score (nSPS) is 12.7. The van der Waals surface area contributed by atoms with E-state index in [9.17, 15) is 14.4 Å². The number of hydrogen-bond acceptors (Lipinski definition) is 5. The molecule has 7 nitrogen and oxygen atoms in total. The van der Waals surface area contributed by atoms with Crippen LogP contribution in [0, 0.1) is 0 Å². The number of pyridine rings is 1. The van der Waals surface area contributed by atoms with Crippen LogP contribution in [0.15, 0.2) is 48.5 Å². The summed E-state index contributed by atoms with van der Waals surface area (Å²) in [6.07, 6.45) is 3.66. The molecule has 0 saturated heterocycles. The first-order valence-corrected chi connectivity index (χ1v) is 10.3. The number of ether oxygens (including phenoxy) is 1. The Labute approximate surface area is 179 Å². The number of aromatic nitrogens is 1. The predicted molar refractivity (Wildman–Crippen MR) is 118 cm³/mol. The molecule has 1 aliphatic rings. The monoisotopic (exact) mass is 417 g/mol. The molecule has 0 atom stereocenters. The summed E-state index contributed by atoms with van der Waals surface area (Å²) in [5.41, 5.74) is 4.21. The van der Waals surface area contributed by atoms with Crippen LogP contribution in [0.4, 0.5) is 11.4 Å². The van der Waals surface area contributed by atoms with Crippen molar-refractivity contribution >= 4 is 40.1 Å². The molecule has 3 aromatic rings. The maximum atomic E-state index is 13.0. The second-order valence-electron chi connectivity index (χ2n) is 7.52. The quantitative estimate of drug-likeness (QED) is 0.614. The molecule has 0 spiro atoms. The summed E-state index contributed by atoms with van der Waals surface area (Å²) in [4.78, 5) is 41.2. The van der Waals surface area contributed by atoms with E-state index in [1.807, 2.05) is 24.3 Å². The maximum Gasteiger partial charge on any atom is 0.339 e. The van der Waals surface area contributed by atoms with Gasteiger partial charge in [-0.25, -0.2) is 4.79 Å². The predicted octanol–water partition coefficient (Wildman–Crippen LogP) is 3.87. The summed E-state index contributed by atoms with van der Waals surface area (Å²) in [5.74, 6) is -1.18. The third kappa shape index (κ3) is 4.71. The molecule has 158 valence electrons. The van der Waals surface area contributed by atoms with Crippen LogP contribution in [0.3, 0.4) is 0 Å². The third-order valence-corrected chi connectivity index (χ3v) is 5.17. The highest BCUT2D eigenvalue weighted by molar-refractivity contribution is 6.06. The fourth-order valence-electron chi connectivity index (χ4n) is 3.88. The van der Waals surface area contributed by atoms with Crippen LogP contribution in [0.2, 0.25) is 0 Å². The third-order valence-electron chi connectivity index (χ3n) is 5.17. The van der Waals surface area contributed by atoms with Gasteiger partial charge in [-0.3, -0.25) is 14.6 Å². The lowest BCUT2D eigenvalue weighted by atomic mass is 9.90. The summed E-state index contributed by atoms with van der Waals surface area (Å²) in [5, 5.41) is 6.08. The number of carbonyl (C=O) groups is 3. The van der Waals surface area contributed by atoms with Crippen molar-refractivity contribution in [3.05, 3.63) is 65.4 Å². The zero-order valence-corrected chi connectivity index (χ0v) is 17.2. The smallest absolute Gasteiger partial charge is 0.339 e. The number of nitrogens with zero attached hydrogens (tertiary/aromatic N) is 1. The van der Waals surface area contributed by atoms with Crippen molar-refractivity contribution in [1.29, 1.82) is 0 Å². The largest absolute Gasteiger partial charge is 0.452 e. The van der Waals surface area contributed by atoms with Crippen LogP contribution in [0.1, 0.15) is 41.4 Å². The summed E-state index contributed by atoms with van der Waals surface area (Å²) >= 11 is 0. The Bertz CT molecular complexity index is 1170. The Hall–Kier alpha value is -3.74. The summed E-state index contributed by atoms with van der Waals surface area (Å²) in [6.45, 7) is 1.00. The second-order valence-corrected chi connectivity index (χ2v) is 7.52. The summed E-state index contributed by atoms with van der Waals surface area (Å²) in [6, 6.07) is 14.3. The minimum Gasteiger partial charge on any atom is -0.452 e. The van der Waals surface area contributed by atoms with Gasteiger partial charge in [0.1, 0.15) is 0 Å². The first kappa shape index (κ1) is 20.5.